The van der Waals surface area contributed by atoms with Crippen LogP contribution in [0.3, 0.4) is 0 Å². The number of aromatic nitrogens is 6. The van der Waals surface area contributed by atoms with Gasteiger partial charge in [-0.3, -0.25) is 20.0 Å². The molecule has 0 amide bonds. The monoisotopic (exact) mass is 513 g/mol. The molecule has 0 saturated carbocycles. The van der Waals surface area contributed by atoms with Gasteiger partial charge in [0.15, 0.2) is 0 Å². The average molecular weight is 514 g/mol. The summed E-state index contributed by atoms with van der Waals surface area (Å²) in [4.78, 5) is 14.9. The Balaban J connectivity index is 1.17. The number of nitrogens with one attached hydrogen (secondary N) is 3. The lowest BCUT2D eigenvalue weighted by atomic mass is 10.0. The molecule has 4 aromatic heterocycles. The first-order valence-electron chi connectivity index (χ1n) is 12.5. The molecule has 0 bridgehead atoms. The highest BCUT2D eigenvalue weighted by molar-refractivity contribution is 5.89. The third kappa shape index (κ3) is 4.04. The molecular formula is C27H25F2N9. The van der Waals surface area contributed by atoms with E-state index in [9.17, 15) is 8.78 Å². The maximum atomic E-state index is 13.6. The van der Waals surface area contributed by atoms with Crippen molar-refractivity contribution in [2.45, 2.75) is 32.0 Å². The number of H-pyrrole nitrogens is 1. The van der Waals surface area contributed by atoms with Gasteiger partial charge in [0.1, 0.15) is 6.17 Å². The Labute approximate surface area is 216 Å². The van der Waals surface area contributed by atoms with Crippen molar-refractivity contribution in [3.63, 3.8) is 0 Å². The number of hydrogen-bond donors (Lipinski definition) is 3. The summed E-state index contributed by atoms with van der Waals surface area (Å²) in [5.41, 5.74) is 8.22. The van der Waals surface area contributed by atoms with Crippen LogP contribution in [0.1, 0.15) is 29.5 Å². The summed E-state index contributed by atoms with van der Waals surface area (Å²) < 4.78 is 29.2. The van der Waals surface area contributed by atoms with Gasteiger partial charge in [-0.1, -0.05) is 6.07 Å². The molecule has 7 rings (SSSR count). The average Bonchev–Trinajstić information content (AvgIpc) is 3.69. The Morgan fingerprint density at radius 2 is 1.95 bits per heavy atom. The van der Waals surface area contributed by atoms with Crippen LogP contribution in [-0.2, 0) is 6.54 Å². The molecule has 1 fully saturated rings. The first kappa shape index (κ1) is 22.8. The number of pyridine rings is 2. The summed E-state index contributed by atoms with van der Waals surface area (Å²) >= 11 is 0. The minimum atomic E-state index is -2.61. The van der Waals surface area contributed by atoms with E-state index in [1.807, 2.05) is 42.1 Å². The Morgan fingerprint density at radius 1 is 1.05 bits per heavy atom. The van der Waals surface area contributed by atoms with E-state index in [1.54, 1.807) is 29.8 Å². The van der Waals surface area contributed by atoms with E-state index in [0.717, 1.165) is 56.0 Å². The van der Waals surface area contributed by atoms with E-state index in [-0.39, 0.29) is 19.1 Å². The summed E-state index contributed by atoms with van der Waals surface area (Å²) in [6.07, 6.45) is 10.6. The van der Waals surface area contributed by atoms with Crippen molar-refractivity contribution < 1.29 is 8.78 Å². The van der Waals surface area contributed by atoms with Gasteiger partial charge in [0.05, 0.1) is 59.2 Å². The maximum absolute atomic E-state index is 13.6. The number of imidazole rings is 1. The molecule has 192 valence electrons. The highest BCUT2D eigenvalue weighted by atomic mass is 19.3. The molecule has 0 radical (unpaired) electrons. The number of aromatic amines is 1. The lowest BCUT2D eigenvalue weighted by Gasteiger charge is -2.16. The van der Waals surface area contributed by atoms with Crippen LogP contribution in [0.15, 0.2) is 61.6 Å². The van der Waals surface area contributed by atoms with E-state index in [4.69, 9.17) is 0 Å². The van der Waals surface area contributed by atoms with Gasteiger partial charge in [0, 0.05) is 49.1 Å². The zero-order chi connectivity index (χ0) is 25.9. The van der Waals surface area contributed by atoms with E-state index < -0.39 is 5.92 Å². The van der Waals surface area contributed by atoms with Crippen LogP contribution < -0.4 is 10.6 Å². The number of anilines is 2. The van der Waals surface area contributed by atoms with Gasteiger partial charge in [-0.2, -0.15) is 5.10 Å². The van der Waals surface area contributed by atoms with Crippen molar-refractivity contribution >= 4 is 22.3 Å². The van der Waals surface area contributed by atoms with E-state index in [0.29, 0.717) is 13.1 Å². The van der Waals surface area contributed by atoms with Crippen molar-refractivity contribution in [2.24, 2.45) is 0 Å². The molecule has 38 heavy (non-hydrogen) atoms. The van der Waals surface area contributed by atoms with Gasteiger partial charge < -0.3 is 15.2 Å². The smallest absolute Gasteiger partial charge is 0.261 e. The van der Waals surface area contributed by atoms with Crippen molar-refractivity contribution in [1.29, 1.82) is 0 Å². The molecule has 0 spiro atoms. The van der Waals surface area contributed by atoms with E-state index >= 15 is 0 Å². The number of benzene rings is 1. The largest absolute Gasteiger partial charge is 0.357 e. The first-order valence-corrected chi connectivity index (χ1v) is 12.5. The standard InChI is InChI=1S/C27H25F2N9/c1-16-12-38(15-32-16)23-11-31-10-22-25(23)34-26(33-22)24-20-7-18(2-3-21(20)35-36-24)19-6-17(8-30-9-19)13-37-5-4-27(28,29)14-37/h2-3,6-12,15,26,33-34H,4-5,13-14H2,1H3,(H,35,36). The molecule has 3 N–H and O–H groups in total. The molecule has 11 heteroatoms. The quantitative estimate of drug-likeness (QED) is 0.308. The molecule has 0 aliphatic carbocycles. The van der Waals surface area contributed by atoms with Crippen LogP contribution in [0.2, 0.25) is 0 Å². The lowest BCUT2D eigenvalue weighted by Crippen LogP contribution is -2.24. The fraction of sp³-hybridized carbons (Fsp3) is 0.259. The first-order chi connectivity index (χ1) is 18.4. The van der Waals surface area contributed by atoms with Crippen molar-refractivity contribution in [3.05, 3.63) is 78.5 Å². The Hall–Kier alpha value is -4.38. The van der Waals surface area contributed by atoms with Crippen LogP contribution in [0.4, 0.5) is 20.2 Å². The number of nitrogens with zero attached hydrogens (tertiary/aromatic N) is 6. The van der Waals surface area contributed by atoms with Crippen LogP contribution in [0, 0.1) is 6.92 Å². The molecule has 2 aliphatic rings. The topological polar surface area (TPSA) is 99.6 Å². The van der Waals surface area contributed by atoms with Crippen LogP contribution in [0.25, 0.3) is 27.7 Å². The number of alkyl halides is 2. The molecular weight excluding hydrogens is 488 g/mol. The Bertz CT molecular complexity index is 1660. The molecule has 5 aromatic rings. The second-order valence-corrected chi connectivity index (χ2v) is 9.99. The minimum Gasteiger partial charge on any atom is -0.357 e. The van der Waals surface area contributed by atoms with E-state index in [2.05, 4.69) is 41.8 Å². The summed E-state index contributed by atoms with van der Waals surface area (Å²) in [6, 6.07) is 8.09. The predicted molar refractivity (Wildman–Crippen MR) is 140 cm³/mol. The van der Waals surface area contributed by atoms with Crippen molar-refractivity contribution in [2.75, 3.05) is 23.7 Å². The summed E-state index contributed by atoms with van der Waals surface area (Å²) in [5.74, 6) is -2.61. The third-order valence-corrected chi connectivity index (χ3v) is 7.16. The molecule has 6 heterocycles. The second kappa shape index (κ2) is 8.59. The highest BCUT2D eigenvalue weighted by Crippen LogP contribution is 2.40. The molecule has 1 saturated heterocycles. The van der Waals surface area contributed by atoms with Gasteiger partial charge in [0.2, 0.25) is 0 Å². The van der Waals surface area contributed by atoms with Crippen molar-refractivity contribution in [1.82, 2.24) is 34.6 Å². The van der Waals surface area contributed by atoms with Crippen LogP contribution >= 0.6 is 0 Å². The summed E-state index contributed by atoms with van der Waals surface area (Å²) in [6.45, 7) is 2.59. The van der Waals surface area contributed by atoms with Gasteiger partial charge in [-0.05, 0) is 36.2 Å². The number of likely N-dealkylation sites (tertiary alicyclic amines) is 1. The second-order valence-electron chi connectivity index (χ2n) is 9.99. The SMILES string of the molecule is Cc1cn(-c2cncc3c2NC(c2[nH]nc4ccc(-c5cncc(CN6CCC(F)(F)C6)c5)cc24)N3)cn1. The normalized spacial score (nSPS) is 18.4. The number of fused-ring (bicyclic) bond motifs is 2. The fourth-order valence-electron chi connectivity index (χ4n) is 5.30. The predicted octanol–water partition coefficient (Wildman–Crippen LogP) is 4.89. The number of halogens is 2. The zero-order valence-electron chi connectivity index (χ0n) is 20.6. The maximum Gasteiger partial charge on any atom is 0.261 e. The van der Waals surface area contributed by atoms with Gasteiger partial charge in [-0.15, -0.1) is 0 Å². The van der Waals surface area contributed by atoms with Gasteiger partial charge in [0.25, 0.3) is 5.92 Å². The molecule has 1 atom stereocenters. The zero-order valence-corrected chi connectivity index (χ0v) is 20.6. The van der Waals surface area contributed by atoms with Gasteiger partial charge >= 0.3 is 0 Å². The molecule has 1 aromatic carbocycles. The number of rotatable bonds is 5. The molecule has 9 nitrogen and oxygen atoms in total. The third-order valence-electron chi connectivity index (χ3n) is 7.16. The molecule has 2 aliphatic heterocycles. The van der Waals surface area contributed by atoms with Crippen molar-refractivity contribution in [3.8, 4) is 16.8 Å². The van der Waals surface area contributed by atoms with Gasteiger partial charge in [-0.25, -0.2) is 13.8 Å². The highest BCUT2D eigenvalue weighted by Gasteiger charge is 2.38. The van der Waals surface area contributed by atoms with Crippen LogP contribution in [0.5, 0.6) is 0 Å². The summed E-state index contributed by atoms with van der Waals surface area (Å²) in [5, 5.41) is 15.8. The van der Waals surface area contributed by atoms with E-state index in [1.165, 1.54) is 0 Å². The Morgan fingerprint density at radius 3 is 2.76 bits per heavy atom. The van der Waals surface area contributed by atoms with Crippen LogP contribution in [-0.4, -0.2) is 53.6 Å². The Kier molecular flexibility index (Phi) is 5.15. The lowest BCUT2D eigenvalue weighted by molar-refractivity contribution is 0.0115. The number of hydrogen-bond acceptors (Lipinski definition) is 7. The number of aryl methyl sites for hydroxylation is 1. The fourth-order valence-corrected chi connectivity index (χ4v) is 5.30. The summed E-state index contributed by atoms with van der Waals surface area (Å²) in [7, 11) is 0. The molecule has 1 unspecified atom stereocenters. The minimum absolute atomic E-state index is 0.0906.